The van der Waals surface area contributed by atoms with Crippen molar-refractivity contribution in [3.63, 3.8) is 0 Å². The lowest BCUT2D eigenvalue weighted by atomic mass is 10.2. The molecule has 0 fully saturated rings. The summed E-state index contributed by atoms with van der Waals surface area (Å²) in [5.74, 6) is 0.296. The first kappa shape index (κ1) is 19.9. The van der Waals surface area contributed by atoms with Gasteiger partial charge in [-0.1, -0.05) is 6.07 Å². The number of nitrogens with zero attached hydrogens (tertiary/aromatic N) is 1. The van der Waals surface area contributed by atoms with Gasteiger partial charge in [0.15, 0.2) is 12.6 Å². The zero-order chi connectivity index (χ0) is 19.8. The van der Waals surface area contributed by atoms with E-state index in [0.717, 1.165) is 4.90 Å². The number of hydrogen-bond donors (Lipinski definition) is 3. The average Bonchev–Trinajstić information content (AvgIpc) is 2.67. The third-order valence-corrected chi connectivity index (χ3v) is 4.20. The molecule has 0 aliphatic rings. The summed E-state index contributed by atoms with van der Waals surface area (Å²) in [5.41, 5.74) is 1.69. The number of ether oxygens (including phenoxy) is 1. The molecule has 7 nitrogen and oxygen atoms in total. The van der Waals surface area contributed by atoms with E-state index in [1.807, 2.05) is 6.07 Å². The molecule has 0 saturated heterocycles. The average molecular weight is 367 g/mol. The molecule has 0 aliphatic heterocycles. The molecule has 0 bridgehead atoms. The van der Waals surface area contributed by atoms with Gasteiger partial charge in [-0.05, 0) is 49.4 Å². The number of likely N-dealkylation sites (N-methyl/N-ethyl adjacent to an activating group) is 1. The van der Waals surface area contributed by atoms with Crippen LogP contribution in [-0.2, 0) is 9.59 Å². The van der Waals surface area contributed by atoms with E-state index < -0.39 is 6.04 Å². The molecule has 0 radical (unpaired) electrons. The van der Waals surface area contributed by atoms with Crippen LogP contribution < -0.4 is 20.3 Å². The normalized spacial score (nSPS) is 12.4. The number of methoxy groups -OCH3 is 1. The maximum atomic E-state index is 12.4. The maximum absolute atomic E-state index is 12.4. The molecule has 0 aliphatic carbocycles. The van der Waals surface area contributed by atoms with Crippen LogP contribution in [0.2, 0.25) is 0 Å². The predicted molar refractivity (Wildman–Crippen MR) is 103 cm³/mol. The zero-order valence-electron chi connectivity index (χ0n) is 15.6. The Morgan fingerprint density at radius 3 is 2.48 bits per heavy atom. The lowest BCUT2D eigenvalue weighted by Crippen LogP contribution is -3.14. The van der Waals surface area contributed by atoms with Crippen LogP contribution in [0.25, 0.3) is 0 Å². The molecule has 7 heteroatoms. The van der Waals surface area contributed by atoms with Gasteiger partial charge in [-0.2, -0.15) is 5.26 Å². The van der Waals surface area contributed by atoms with Gasteiger partial charge in [0.25, 0.3) is 11.8 Å². The van der Waals surface area contributed by atoms with Crippen LogP contribution in [0.3, 0.4) is 0 Å². The number of amides is 2. The highest BCUT2D eigenvalue weighted by molar-refractivity contribution is 5.94. The number of nitriles is 1. The molecule has 140 valence electrons. The summed E-state index contributed by atoms with van der Waals surface area (Å²) in [4.78, 5) is 25.4. The highest BCUT2D eigenvalue weighted by Crippen LogP contribution is 2.14. The topological polar surface area (TPSA) is 95.7 Å². The van der Waals surface area contributed by atoms with Crippen molar-refractivity contribution in [2.45, 2.75) is 13.0 Å². The van der Waals surface area contributed by atoms with Crippen molar-refractivity contribution >= 4 is 23.2 Å². The van der Waals surface area contributed by atoms with E-state index in [9.17, 15) is 9.59 Å². The third-order valence-electron chi connectivity index (χ3n) is 4.20. The lowest BCUT2D eigenvalue weighted by molar-refractivity contribution is -0.885. The van der Waals surface area contributed by atoms with Gasteiger partial charge in [0.1, 0.15) is 5.75 Å². The molecule has 1 unspecified atom stereocenters. The molecule has 27 heavy (non-hydrogen) atoms. The first-order valence-electron chi connectivity index (χ1n) is 8.50. The summed E-state index contributed by atoms with van der Waals surface area (Å²) in [6.45, 7) is 1.89. The van der Waals surface area contributed by atoms with Gasteiger partial charge in [0.2, 0.25) is 0 Å². The van der Waals surface area contributed by atoms with Crippen molar-refractivity contribution < 1.29 is 19.2 Å². The van der Waals surface area contributed by atoms with Gasteiger partial charge in [0.05, 0.1) is 25.8 Å². The van der Waals surface area contributed by atoms with Gasteiger partial charge in [-0.25, -0.2) is 0 Å². The fourth-order valence-corrected chi connectivity index (χ4v) is 2.43. The first-order valence-corrected chi connectivity index (χ1v) is 8.50. The molecule has 2 aromatic carbocycles. The van der Waals surface area contributed by atoms with E-state index in [4.69, 9.17) is 10.00 Å². The molecule has 2 aromatic rings. The molecular weight excluding hydrogens is 344 g/mol. The Balaban J connectivity index is 1.89. The van der Waals surface area contributed by atoms with Crippen LogP contribution in [0, 0.1) is 11.3 Å². The monoisotopic (exact) mass is 367 g/mol. The number of anilines is 2. The Bertz CT molecular complexity index is 843. The minimum Gasteiger partial charge on any atom is -0.497 e. The van der Waals surface area contributed by atoms with Crippen LogP contribution in [0.4, 0.5) is 11.4 Å². The van der Waals surface area contributed by atoms with Crippen molar-refractivity contribution in [2.75, 3.05) is 31.3 Å². The van der Waals surface area contributed by atoms with Crippen LogP contribution in [0.5, 0.6) is 5.75 Å². The zero-order valence-corrected chi connectivity index (χ0v) is 15.6. The molecule has 0 spiro atoms. The number of quaternary nitrogens is 1. The van der Waals surface area contributed by atoms with E-state index >= 15 is 0 Å². The standard InChI is InChI=1S/C20H22N4O3/c1-14(20(26)23-17-6-4-5-15(11-17)12-21)24(2)13-19(25)22-16-7-9-18(27-3)10-8-16/h4-11,14H,13H2,1-3H3,(H,22,25)(H,23,26)/p+1/t14-/m0/s1. The summed E-state index contributed by atoms with van der Waals surface area (Å²) in [5, 5.41) is 14.5. The first-order chi connectivity index (χ1) is 12.9. The molecule has 0 heterocycles. The smallest absolute Gasteiger partial charge is 0.282 e. The quantitative estimate of drug-likeness (QED) is 0.682. The highest BCUT2D eigenvalue weighted by Gasteiger charge is 2.24. The number of rotatable bonds is 7. The third kappa shape index (κ3) is 5.83. The highest BCUT2D eigenvalue weighted by atomic mass is 16.5. The van der Waals surface area contributed by atoms with Crippen molar-refractivity contribution in [1.82, 2.24) is 0 Å². The van der Waals surface area contributed by atoms with Crippen LogP contribution >= 0.6 is 0 Å². The second kappa shape index (κ2) is 9.36. The Hall–Kier alpha value is -3.37. The molecule has 2 rings (SSSR count). The van der Waals surface area contributed by atoms with Crippen LogP contribution in [-0.4, -0.2) is 38.6 Å². The number of carbonyl (C=O) groups excluding carboxylic acids is 2. The molecular formula is C20H23N4O3+. The number of carbonyl (C=O) groups is 2. The molecule has 2 amide bonds. The SMILES string of the molecule is COc1ccc(NC(=O)C[NH+](C)[C@@H](C)C(=O)Nc2cccc(C#N)c2)cc1. The molecule has 3 N–H and O–H groups in total. The summed E-state index contributed by atoms with van der Waals surface area (Å²) in [7, 11) is 3.36. The Kier molecular flexibility index (Phi) is 6.92. The van der Waals surface area contributed by atoms with Crippen LogP contribution in [0.15, 0.2) is 48.5 Å². The van der Waals surface area contributed by atoms with Crippen molar-refractivity contribution in [2.24, 2.45) is 0 Å². The predicted octanol–water partition coefficient (Wildman–Crippen LogP) is 1.05. The Morgan fingerprint density at radius 2 is 1.85 bits per heavy atom. The van der Waals surface area contributed by atoms with E-state index in [1.54, 1.807) is 69.6 Å². The second-order valence-electron chi connectivity index (χ2n) is 6.20. The minimum atomic E-state index is -0.447. The summed E-state index contributed by atoms with van der Waals surface area (Å²) in [6, 6.07) is 15.3. The molecule has 2 atom stereocenters. The maximum Gasteiger partial charge on any atom is 0.282 e. The fraction of sp³-hybridized carbons (Fsp3) is 0.250. The van der Waals surface area contributed by atoms with Crippen molar-refractivity contribution in [1.29, 1.82) is 5.26 Å². The summed E-state index contributed by atoms with van der Waals surface area (Å²) >= 11 is 0. The minimum absolute atomic E-state index is 0.138. The largest absolute Gasteiger partial charge is 0.497 e. The number of hydrogen-bond acceptors (Lipinski definition) is 4. The van der Waals surface area contributed by atoms with Gasteiger partial charge in [0, 0.05) is 11.4 Å². The van der Waals surface area contributed by atoms with Crippen molar-refractivity contribution in [3.8, 4) is 11.8 Å². The number of nitrogens with one attached hydrogen (secondary N) is 3. The van der Waals surface area contributed by atoms with E-state index in [0.29, 0.717) is 22.7 Å². The molecule has 0 aromatic heterocycles. The summed E-state index contributed by atoms with van der Waals surface area (Å²) in [6.07, 6.45) is 0. The van der Waals surface area contributed by atoms with Crippen molar-refractivity contribution in [3.05, 3.63) is 54.1 Å². The number of benzene rings is 2. The van der Waals surface area contributed by atoms with Gasteiger partial charge in [-0.3, -0.25) is 9.59 Å². The van der Waals surface area contributed by atoms with Gasteiger partial charge in [-0.15, -0.1) is 0 Å². The summed E-state index contributed by atoms with van der Waals surface area (Å²) < 4.78 is 5.08. The van der Waals surface area contributed by atoms with Gasteiger partial charge >= 0.3 is 0 Å². The van der Waals surface area contributed by atoms with Gasteiger partial charge < -0.3 is 20.3 Å². The lowest BCUT2D eigenvalue weighted by Gasteiger charge is -2.20. The van der Waals surface area contributed by atoms with E-state index in [1.165, 1.54) is 0 Å². The molecule has 0 saturated carbocycles. The second-order valence-corrected chi connectivity index (χ2v) is 6.20. The van der Waals surface area contributed by atoms with E-state index in [-0.39, 0.29) is 18.4 Å². The van der Waals surface area contributed by atoms with Crippen LogP contribution in [0.1, 0.15) is 12.5 Å². The van der Waals surface area contributed by atoms with E-state index in [2.05, 4.69) is 10.6 Å². The Labute approximate surface area is 158 Å². The fourth-order valence-electron chi connectivity index (χ4n) is 2.43. The Morgan fingerprint density at radius 1 is 1.15 bits per heavy atom.